The molecule has 3 rings (SSSR count). The number of nitrogens with one attached hydrogen (secondary N) is 3. The zero-order chi connectivity index (χ0) is 27.9. The van der Waals surface area contributed by atoms with Gasteiger partial charge in [-0.1, -0.05) is 30.7 Å². The second kappa shape index (κ2) is 13.0. The number of hydrogen-bond acceptors (Lipinski definition) is 6. The van der Waals surface area contributed by atoms with E-state index in [9.17, 15) is 19.2 Å². The number of thioether (sulfide) groups is 1. The topological polar surface area (TPSA) is 114 Å². The zero-order valence-corrected chi connectivity index (χ0v) is 23.4. The van der Waals surface area contributed by atoms with Gasteiger partial charge in [0.2, 0.25) is 5.91 Å². The molecule has 0 fully saturated rings. The number of ether oxygens (including phenoxy) is 1. The van der Waals surface area contributed by atoms with Crippen LogP contribution in [0.2, 0.25) is 5.02 Å². The molecule has 0 saturated heterocycles. The van der Waals surface area contributed by atoms with Crippen molar-refractivity contribution in [3.8, 4) is 0 Å². The maximum atomic E-state index is 13.3. The van der Waals surface area contributed by atoms with Gasteiger partial charge in [0.15, 0.2) is 5.78 Å². The number of fused-ring (bicyclic) bond motifs is 1. The van der Waals surface area contributed by atoms with Crippen molar-refractivity contribution in [3.63, 3.8) is 0 Å². The molecule has 3 amide bonds. The normalized spacial score (nSPS) is 15.3. The summed E-state index contributed by atoms with van der Waals surface area (Å²) in [4.78, 5) is 51.0. The first-order valence-electron chi connectivity index (χ1n) is 12.3. The van der Waals surface area contributed by atoms with E-state index >= 15 is 0 Å². The van der Waals surface area contributed by atoms with E-state index in [4.69, 9.17) is 16.3 Å². The predicted molar refractivity (Wildman–Crippen MR) is 149 cm³/mol. The molecule has 0 spiro atoms. The lowest BCUT2D eigenvalue weighted by Crippen LogP contribution is -2.44. The van der Waals surface area contributed by atoms with Gasteiger partial charge in [-0.15, -0.1) is 11.8 Å². The average molecular weight is 558 g/mol. The maximum absolute atomic E-state index is 13.3. The first-order chi connectivity index (χ1) is 17.9. The zero-order valence-electron chi connectivity index (χ0n) is 21.9. The fourth-order valence-corrected chi connectivity index (χ4v) is 4.90. The molecule has 1 atom stereocenters. The third-order valence-electron chi connectivity index (χ3n) is 5.44. The fraction of sp³-hybridized carbons (Fsp3) is 0.357. The van der Waals surface area contributed by atoms with E-state index in [1.165, 1.54) is 17.8 Å². The molecule has 0 aliphatic carbocycles. The molecule has 0 bridgehead atoms. The maximum Gasteiger partial charge on any atom is 0.408 e. The summed E-state index contributed by atoms with van der Waals surface area (Å²) in [5.41, 5.74) is 6.81. The van der Waals surface area contributed by atoms with Gasteiger partial charge in [-0.3, -0.25) is 25.2 Å². The molecule has 2 aromatic carbocycles. The molecule has 2 aromatic rings. The first-order valence-corrected chi connectivity index (χ1v) is 13.7. The van der Waals surface area contributed by atoms with Gasteiger partial charge in [-0.05, 0) is 86.7 Å². The minimum atomic E-state index is -0.792. The second-order valence-electron chi connectivity index (χ2n) is 9.85. The highest BCUT2D eigenvalue weighted by atomic mass is 35.5. The van der Waals surface area contributed by atoms with Crippen molar-refractivity contribution >= 4 is 52.6 Å². The SMILES string of the molecule is CCCC(=O)NNC(=O)c1ccc2c(c1)C(Cc1ccc(Cl)cc1)=CC(=O)[C@@H](NC(=O)OC(C)(C)C)CS2. The molecule has 0 unspecified atom stereocenters. The summed E-state index contributed by atoms with van der Waals surface area (Å²) >= 11 is 7.45. The van der Waals surface area contributed by atoms with E-state index in [-0.39, 0.29) is 17.4 Å². The average Bonchev–Trinajstić information content (AvgIpc) is 2.84. The van der Waals surface area contributed by atoms with Crippen LogP contribution in [0.1, 0.15) is 62.0 Å². The Kier molecular flexibility index (Phi) is 9.99. The van der Waals surface area contributed by atoms with Gasteiger partial charge >= 0.3 is 6.09 Å². The van der Waals surface area contributed by atoms with Crippen LogP contribution in [-0.4, -0.2) is 41.1 Å². The van der Waals surface area contributed by atoms with Gasteiger partial charge in [0.1, 0.15) is 11.6 Å². The number of amides is 3. The minimum Gasteiger partial charge on any atom is -0.444 e. The molecule has 38 heavy (non-hydrogen) atoms. The van der Waals surface area contributed by atoms with E-state index in [0.29, 0.717) is 35.4 Å². The van der Waals surface area contributed by atoms with Crippen molar-refractivity contribution in [1.82, 2.24) is 16.2 Å². The number of rotatable bonds is 6. The number of halogens is 1. The Bertz CT molecular complexity index is 1240. The Hall–Kier alpha value is -3.30. The predicted octanol–water partition coefficient (Wildman–Crippen LogP) is 5.10. The second-order valence-corrected chi connectivity index (χ2v) is 11.3. The Balaban J connectivity index is 1.93. The van der Waals surface area contributed by atoms with Gasteiger partial charge in [0.25, 0.3) is 5.91 Å². The quantitative estimate of drug-likeness (QED) is 0.426. The standard InChI is InChI=1S/C28H32ClN3O5S/c1-5-6-25(34)31-32-26(35)18-9-12-24-21(14-18)19(13-17-7-10-20(29)11-8-17)15-23(33)22(16-38-24)30-27(36)37-28(2,3)4/h7-12,14-15,22H,5-6,13,16H2,1-4H3,(H,30,36)(H,31,34)(H,32,35)/t22-/m0/s1. The molecule has 1 aliphatic heterocycles. The largest absolute Gasteiger partial charge is 0.444 e. The molecule has 3 N–H and O–H groups in total. The van der Waals surface area contributed by atoms with Crippen molar-refractivity contribution < 1.29 is 23.9 Å². The number of carbonyl (C=O) groups excluding carboxylic acids is 4. The van der Waals surface area contributed by atoms with Crippen LogP contribution in [0.3, 0.4) is 0 Å². The summed E-state index contributed by atoms with van der Waals surface area (Å²) in [6.07, 6.45) is 2.21. The monoisotopic (exact) mass is 557 g/mol. The highest BCUT2D eigenvalue weighted by Crippen LogP contribution is 2.34. The summed E-state index contributed by atoms with van der Waals surface area (Å²) in [5.74, 6) is -0.736. The summed E-state index contributed by atoms with van der Waals surface area (Å²) < 4.78 is 5.34. The molecule has 1 aliphatic rings. The van der Waals surface area contributed by atoms with Crippen molar-refractivity contribution in [1.29, 1.82) is 0 Å². The number of allylic oxidation sites excluding steroid dienone is 1. The van der Waals surface area contributed by atoms with Crippen LogP contribution in [0, 0.1) is 0 Å². The van der Waals surface area contributed by atoms with Crippen LogP contribution in [-0.2, 0) is 20.7 Å². The Morgan fingerprint density at radius 1 is 1.08 bits per heavy atom. The summed E-state index contributed by atoms with van der Waals surface area (Å²) in [7, 11) is 0. The molecular formula is C28H32ClN3O5S. The molecule has 1 heterocycles. The highest BCUT2D eigenvalue weighted by molar-refractivity contribution is 7.99. The number of benzene rings is 2. The van der Waals surface area contributed by atoms with Crippen LogP contribution in [0.5, 0.6) is 0 Å². The van der Waals surface area contributed by atoms with E-state index in [0.717, 1.165) is 16.0 Å². The van der Waals surface area contributed by atoms with E-state index in [1.807, 2.05) is 19.1 Å². The van der Waals surface area contributed by atoms with Gasteiger partial charge < -0.3 is 10.1 Å². The molecule has 0 radical (unpaired) electrons. The third-order valence-corrected chi connectivity index (χ3v) is 6.86. The van der Waals surface area contributed by atoms with E-state index in [2.05, 4.69) is 16.2 Å². The lowest BCUT2D eigenvalue weighted by Gasteiger charge is -2.24. The lowest BCUT2D eigenvalue weighted by molar-refractivity contribution is -0.121. The molecule has 8 nitrogen and oxygen atoms in total. The van der Waals surface area contributed by atoms with Crippen molar-refractivity contribution in [2.75, 3.05) is 5.75 Å². The minimum absolute atomic E-state index is 0.278. The van der Waals surface area contributed by atoms with Crippen LogP contribution in [0.4, 0.5) is 4.79 Å². The number of ketones is 1. The van der Waals surface area contributed by atoms with Crippen LogP contribution >= 0.6 is 23.4 Å². The van der Waals surface area contributed by atoms with Gasteiger partial charge in [0.05, 0.1) is 0 Å². The third kappa shape index (κ3) is 8.63. The smallest absolute Gasteiger partial charge is 0.408 e. The molecule has 0 saturated carbocycles. The number of carbonyl (C=O) groups is 4. The number of alkyl carbamates (subject to hydrolysis) is 1. The summed E-state index contributed by atoms with van der Waals surface area (Å²) in [5, 5.41) is 3.28. The Labute approximate surface area is 231 Å². The van der Waals surface area contributed by atoms with Crippen LogP contribution in [0.25, 0.3) is 5.57 Å². The number of hydrogen-bond donors (Lipinski definition) is 3. The van der Waals surface area contributed by atoms with E-state index < -0.39 is 23.6 Å². The summed E-state index contributed by atoms with van der Waals surface area (Å²) in [6.45, 7) is 7.14. The van der Waals surface area contributed by atoms with Gasteiger partial charge in [0, 0.05) is 27.7 Å². The molecule has 10 heteroatoms. The van der Waals surface area contributed by atoms with Gasteiger partial charge in [-0.25, -0.2) is 4.79 Å². The Morgan fingerprint density at radius 2 is 1.79 bits per heavy atom. The lowest BCUT2D eigenvalue weighted by atomic mass is 9.94. The van der Waals surface area contributed by atoms with E-state index in [1.54, 1.807) is 51.1 Å². The van der Waals surface area contributed by atoms with Crippen LogP contribution < -0.4 is 16.2 Å². The Morgan fingerprint density at radius 3 is 2.45 bits per heavy atom. The fourth-order valence-electron chi connectivity index (χ4n) is 3.67. The van der Waals surface area contributed by atoms with Crippen LogP contribution in [0.15, 0.2) is 53.4 Å². The molecule has 0 aromatic heterocycles. The summed E-state index contributed by atoms with van der Waals surface area (Å²) in [6, 6.07) is 11.7. The van der Waals surface area contributed by atoms with Crippen molar-refractivity contribution in [2.24, 2.45) is 0 Å². The van der Waals surface area contributed by atoms with Crippen molar-refractivity contribution in [3.05, 3.63) is 70.3 Å². The molecular weight excluding hydrogens is 526 g/mol. The highest BCUT2D eigenvalue weighted by Gasteiger charge is 2.27. The van der Waals surface area contributed by atoms with Gasteiger partial charge in [-0.2, -0.15) is 0 Å². The first kappa shape index (κ1) is 29.3. The molecule has 202 valence electrons. The number of hydrazine groups is 1. The van der Waals surface area contributed by atoms with Crippen molar-refractivity contribution in [2.45, 2.75) is 63.5 Å².